The number of thiazole rings is 1. The molecule has 2 aromatic rings. The molecule has 1 aromatic heterocycles. The van der Waals surface area contributed by atoms with Crippen molar-refractivity contribution in [1.29, 1.82) is 5.26 Å². The number of aromatic nitrogens is 1. The fourth-order valence-electron chi connectivity index (χ4n) is 1.90. The van der Waals surface area contributed by atoms with Crippen molar-refractivity contribution in [1.82, 2.24) is 4.57 Å². The Balaban J connectivity index is 2.30. The number of hydrogen-bond acceptors (Lipinski definition) is 4. The molecule has 102 valence electrons. The molecule has 0 saturated heterocycles. The topological polar surface area (TPSA) is 83.1 Å². The number of nitriles is 1. The zero-order chi connectivity index (χ0) is 14.5. The summed E-state index contributed by atoms with van der Waals surface area (Å²) < 4.78 is 1.56. The molecule has 6 heteroatoms. The van der Waals surface area contributed by atoms with Crippen LogP contribution in [0.15, 0.2) is 34.4 Å². The van der Waals surface area contributed by atoms with Crippen LogP contribution in [-0.2, 0) is 11.3 Å². The fraction of sp³-hybridized carbons (Fsp3) is 0.214. The molecular weight excluding hydrogens is 276 g/mol. The van der Waals surface area contributed by atoms with E-state index >= 15 is 0 Å². The highest BCUT2D eigenvalue weighted by Gasteiger charge is 2.10. The molecule has 0 fully saturated rings. The Morgan fingerprint density at radius 1 is 1.45 bits per heavy atom. The third-order valence-electron chi connectivity index (χ3n) is 2.84. The van der Waals surface area contributed by atoms with E-state index < -0.39 is 5.97 Å². The maximum Gasteiger partial charge on any atom is 0.307 e. The van der Waals surface area contributed by atoms with Crippen LogP contribution in [0.3, 0.4) is 0 Å². The second kappa shape index (κ2) is 6.17. The molecule has 20 heavy (non-hydrogen) atoms. The first-order valence-electron chi connectivity index (χ1n) is 6.02. The van der Waals surface area contributed by atoms with E-state index in [1.807, 2.05) is 6.07 Å². The summed E-state index contributed by atoms with van der Waals surface area (Å²) >= 11 is 1.08. The van der Waals surface area contributed by atoms with Crippen molar-refractivity contribution in [2.24, 2.45) is 0 Å². The molecule has 1 N–H and O–H groups in total. The number of carbonyl (C=O) groups is 1. The maximum atomic E-state index is 11.8. The monoisotopic (exact) mass is 288 g/mol. The molecule has 2 rings (SSSR count). The Morgan fingerprint density at radius 3 is 2.95 bits per heavy atom. The number of aliphatic carboxylic acids is 1. The summed E-state index contributed by atoms with van der Waals surface area (Å²) in [5.41, 5.74) is 2.04. The van der Waals surface area contributed by atoms with E-state index in [1.165, 1.54) is 0 Å². The Bertz CT molecular complexity index is 725. The molecule has 0 bridgehead atoms. The molecule has 0 spiro atoms. The Morgan fingerprint density at radius 2 is 2.25 bits per heavy atom. The third-order valence-corrected chi connectivity index (χ3v) is 3.61. The van der Waals surface area contributed by atoms with Crippen molar-refractivity contribution in [3.8, 4) is 17.3 Å². The van der Waals surface area contributed by atoms with E-state index in [4.69, 9.17) is 10.4 Å². The van der Waals surface area contributed by atoms with Crippen molar-refractivity contribution in [2.75, 3.05) is 0 Å². The SMILES string of the molecule is N#Cc1cccc(-c2csc(=O)n2CCCC(=O)O)c1. The molecule has 0 aliphatic carbocycles. The molecule has 0 radical (unpaired) electrons. The largest absolute Gasteiger partial charge is 0.481 e. The van der Waals surface area contributed by atoms with Crippen LogP contribution in [-0.4, -0.2) is 15.6 Å². The first-order valence-corrected chi connectivity index (χ1v) is 6.90. The predicted molar refractivity (Wildman–Crippen MR) is 75.6 cm³/mol. The van der Waals surface area contributed by atoms with Gasteiger partial charge in [-0.3, -0.25) is 14.2 Å². The lowest BCUT2D eigenvalue weighted by molar-refractivity contribution is -0.137. The van der Waals surface area contributed by atoms with Gasteiger partial charge in [-0.05, 0) is 18.6 Å². The molecule has 5 nitrogen and oxygen atoms in total. The number of nitrogens with zero attached hydrogens (tertiary/aromatic N) is 2. The van der Waals surface area contributed by atoms with Crippen molar-refractivity contribution < 1.29 is 9.90 Å². The van der Waals surface area contributed by atoms with Gasteiger partial charge in [0.1, 0.15) is 0 Å². The minimum absolute atomic E-state index is 0.0277. The van der Waals surface area contributed by atoms with Gasteiger partial charge in [0, 0.05) is 23.9 Å². The fourth-order valence-corrected chi connectivity index (χ4v) is 2.70. The average Bonchev–Trinajstić information content (AvgIpc) is 2.80. The highest BCUT2D eigenvalue weighted by Crippen LogP contribution is 2.21. The van der Waals surface area contributed by atoms with Crippen LogP contribution in [0.2, 0.25) is 0 Å². The lowest BCUT2D eigenvalue weighted by atomic mass is 10.1. The minimum Gasteiger partial charge on any atom is -0.481 e. The van der Waals surface area contributed by atoms with Gasteiger partial charge < -0.3 is 5.11 Å². The van der Waals surface area contributed by atoms with E-state index in [0.717, 1.165) is 22.6 Å². The van der Waals surface area contributed by atoms with Crippen molar-refractivity contribution >= 4 is 17.3 Å². The normalized spacial score (nSPS) is 10.2. The Kier molecular flexibility index (Phi) is 4.33. The van der Waals surface area contributed by atoms with Gasteiger partial charge in [0.05, 0.1) is 17.3 Å². The molecule has 0 amide bonds. The summed E-state index contributed by atoms with van der Waals surface area (Å²) in [5.74, 6) is -0.874. The van der Waals surface area contributed by atoms with E-state index in [2.05, 4.69) is 6.07 Å². The molecule has 1 aromatic carbocycles. The molecule has 0 aliphatic rings. The number of benzene rings is 1. The van der Waals surface area contributed by atoms with E-state index in [0.29, 0.717) is 18.5 Å². The minimum atomic E-state index is -0.874. The highest BCUT2D eigenvalue weighted by molar-refractivity contribution is 7.07. The summed E-state index contributed by atoms with van der Waals surface area (Å²) in [5, 5.41) is 19.3. The molecule has 0 aliphatic heterocycles. The van der Waals surface area contributed by atoms with Crippen molar-refractivity contribution in [2.45, 2.75) is 19.4 Å². The lowest BCUT2D eigenvalue weighted by Crippen LogP contribution is -2.15. The van der Waals surface area contributed by atoms with Gasteiger partial charge in [0.25, 0.3) is 0 Å². The van der Waals surface area contributed by atoms with Crippen LogP contribution < -0.4 is 4.87 Å². The van der Waals surface area contributed by atoms with Crippen LogP contribution in [0.4, 0.5) is 0 Å². The predicted octanol–water partition coefficient (Wildman–Crippen LogP) is 2.31. The standard InChI is InChI=1S/C14H12N2O3S/c15-8-10-3-1-4-11(7-10)12-9-20-14(19)16(12)6-2-5-13(17)18/h1,3-4,7,9H,2,5-6H2,(H,17,18). The van der Waals surface area contributed by atoms with Gasteiger partial charge in [-0.2, -0.15) is 5.26 Å². The summed E-state index contributed by atoms with van der Waals surface area (Å²) in [6.45, 7) is 0.362. The van der Waals surface area contributed by atoms with E-state index in [1.54, 1.807) is 28.1 Å². The summed E-state index contributed by atoms with van der Waals surface area (Å²) in [4.78, 5) is 22.2. The van der Waals surface area contributed by atoms with Crippen LogP contribution >= 0.6 is 11.3 Å². The first-order chi connectivity index (χ1) is 9.61. The molecule has 0 unspecified atom stereocenters. The van der Waals surface area contributed by atoms with Gasteiger partial charge in [-0.15, -0.1) is 0 Å². The molecular formula is C14H12N2O3S. The van der Waals surface area contributed by atoms with Crippen LogP contribution in [0.1, 0.15) is 18.4 Å². The summed E-state index contributed by atoms with van der Waals surface area (Å²) in [6.07, 6.45) is 0.427. The van der Waals surface area contributed by atoms with Crippen molar-refractivity contribution in [3.05, 3.63) is 44.9 Å². The smallest absolute Gasteiger partial charge is 0.307 e. The van der Waals surface area contributed by atoms with Gasteiger partial charge >= 0.3 is 10.8 Å². The van der Waals surface area contributed by atoms with E-state index in [9.17, 15) is 9.59 Å². The second-order valence-electron chi connectivity index (χ2n) is 4.23. The first kappa shape index (κ1) is 14.0. The van der Waals surface area contributed by atoms with Crippen molar-refractivity contribution in [3.63, 3.8) is 0 Å². The number of rotatable bonds is 5. The van der Waals surface area contributed by atoms with Gasteiger partial charge in [-0.25, -0.2) is 0 Å². The number of carboxylic acids is 1. The average molecular weight is 288 g/mol. The van der Waals surface area contributed by atoms with Gasteiger partial charge in [0.2, 0.25) is 0 Å². The zero-order valence-electron chi connectivity index (χ0n) is 10.6. The molecule has 0 atom stereocenters. The summed E-state index contributed by atoms with van der Waals surface area (Å²) in [7, 11) is 0. The number of carboxylic acid groups (broad SMARTS) is 1. The van der Waals surface area contributed by atoms with Crippen LogP contribution in [0, 0.1) is 11.3 Å². The lowest BCUT2D eigenvalue weighted by Gasteiger charge is -2.07. The highest BCUT2D eigenvalue weighted by atomic mass is 32.1. The quantitative estimate of drug-likeness (QED) is 0.915. The zero-order valence-corrected chi connectivity index (χ0v) is 11.4. The maximum absolute atomic E-state index is 11.8. The second-order valence-corrected chi connectivity index (χ2v) is 5.05. The van der Waals surface area contributed by atoms with Gasteiger partial charge in [0.15, 0.2) is 0 Å². The van der Waals surface area contributed by atoms with Gasteiger partial charge in [-0.1, -0.05) is 23.5 Å². The van der Waals surface area contributed by atoms with Crippen LogP contribution in [0.25, 0.3) is 11.3 Å². The summed E-state index contributed by atoms with van der Waals surface area (Å²) in [6, 6.07) is 9.07. The van der Waals surface area contributed by atoms with Crippen LogP contribution in [0.5, 0.6) is 0 Å². The third kappa shape index (κ3) is 3.13. The molecule has 1 heterocycles. The number of hydrogen-bond donors (Lipinski definition) is 1. The van der Waals surface area contributed by atoms with E-state index in [-0.39, 0.29) is 11.3 Å². The molecule has 0 saturated carbocycles. The Labute approximate surface area is 119 Å². The Hall–Kier alpha value is -2.39.